The fourth-order valence-electron chi connectivity index (χ4n) is 0.929. The molecule has 0 aromatic carbocycles. The zero-order chi connectivity index (χ0) is 9.94. The maximum atomic E-state index is 8.54. The van der Waals surface area contributed by atoms with Gasteiger partial charge in [0.25, 0.3) is 0 Å². The van der Waals surface area contributed by atoms with E-state index in [0.29, 0.717) is 6.61 Å². The van der Waals surface area contributed by atoms with Gasteiger partial charge in [-0.1, -0.05) is 13.8 Å². The topological polar surface area (TPSA) is 32.3 Å². The van der Waals surface area contributed by atoms with E-state index in [4.69, 9.17) is 5.11 Å². The van der Waals surface area contributed by atoms with Gasteiger partial charge in [0.05, 0.1) is 0 Å². The third-order valence-corrected chi connectivity index (χ3v) is 2.84. The number of aliphatic hydroxyl groups excluding tert-OH is 1. The van der Waals surface area contributed by atoms with Crippen LogP contribution in [0.5, 0.6) is 0 Å². The summed E-state index contributed by atoms with van der Waals surface area (Å²) >= 11 is 1.91. The fraction of sp³-hybridized carbons (Fsp3) is 1.00. The first-order chi connectivity index (χ1) is 6.27. The highest BCUT2D eigenvalue weighted by atomic mass is 32.2. The number of rotatable bonds is 9. The number of aliphatic hydroxyl groups is 1. The molecule has 0 aliphatic rings. The summed E-state index contributed by atoms with van der Waals surface area (Å²) in [6, 6.07) is 0. The van der Waals surface area contributed by atoms with Gasteiger partial charge in [-0.15, -0.1) is 0 Å². The second kappa shape index (κ2) is 10.4. The van der Waals surface area contributed by atoms with Crippen LogP contribution in [-0.2, 0) is 0 Å². The second-order valence-electron chi connectivity index (χ2n) is 3.62. The van der Waals surface area contributed by atoms with Gasteiger partial charge in [0.15, 0.2) is 0 Å². The molecular formula is C10H23NOS. The molecule has 80 valence electrons. The molecule has 13 heavy (non-hydrogen) atoms. The average Bonchev–Trinajstić information content (AvgIpc) is 2.09. The zero-order valence-electron chi connectivity index (χ0n) is 8.88. The van der Waals surface area contributed by atoms with Crippen molar-refractivity contribution in [3.63, 3.8) is 0 Å². The summed E-state index contributed by atoms with van der Waals surface area (Å²) in [5.74, 6) is 3.05. The predicted octanol–water partition coefficient (Wildman–Crippen LogP) is 1.74. The van der Waals surface area contributed by atoms with Gasteiger partial charge in [0, 0.05) is 18.9 Å². The number of hydrogen-bond acceptors (Lipinski definition) is 3. The van der Waals surface area contributed by atoms with Crippen LogP contribution in [0.25, 0.3) is 0 Å². The standard InChI is InChI=1S/C10H23NOS/c1-10(2)4-5-11-6-9-13-8-3-7-12/h10-12H,3-9H2,1-2H3. The molecule has 0 atom stereocenters. The van der Waals surface area contributed by atoms with Crippen molar-refractivity contribution in [2.75, 3.05) is 31.2 Å². The van der Waals surface area contributed by atoms with E-state index in [-0.39, 0.29) is 0 Å². The van der Waals surface area contributed by atoms with Crippen molar-refractivity contribution in [2.24, 2.45) is 5.92 Å². The minimum Gasteiger partial charge on any atom is -0.396 e. The monoisotopic (exact) mass is 205 g/mol. The normalized spacial score (nSPS) is 11.1. The van der Waals surface area contributed by atoms with Gasteiger partial charge in [-0.05, 0) is 31.1 Å². The van der Waals surface area contributed by atoms with E-state index in [9.17, 15) is 0 Å². The third kappa shape index (κ3) is 12.3. The Kier molecular flexibility index (Phi) is 10.6. The second-order valence-corrected chi connectivity index (χ2v) is 4.85. The smallest absolute Gasteiger partial charge is 0.0438 e. The summed E-state index contributed by atoms with van der Waals surface area (Å²) in [7, 11) is 0. The Hall–Kier alpha value is 0.270. The Morgan fingerprint density at radius 1 is 1.23 bits per heavy atom. The first kappa shape index (κ1) is 13.3. The van der Waals surface area contributed by atoms with Gasteiger partial charge < -0.3 is 10.4 Å². The highest BCUT2D eigenvalue weighted by Gasteiger charge is 1.93. The maximum absolute atomic E-state index is 8.54. The molecule has 0 spiro atoms. The average molecular weight is 205 g/mol. The van der Waals surface area contributed by atoms with E-state index in [2.05, 4.69) is 19.2 Å². The van der Waals surface area contributed by atoms with Crippen molar-refractivity contribution in [1.82, 2.24) is 5.32 Å². The summed E-state index contributed by atoms with van der Waals surface area (Å²) in [5.41, 5.74) is 0. The van der Waals surface area contributed by atoms with Crippen LogP contribution < -0.4 is 5.32 Å². The van der Waals surface area contributed by atoms with E-state index in [1.165, 1.54) is 6.42 Å². The number of hydrogen-bond donors (Lipinski definition) is 2. The van der Waals surface area contributed by atoms with E-state index in [1.54, 1.807) is 0 Å². The maximum Gasteiger partial charge on any atom is 0.0438 e. The van der Waals surface area contributed by atoms with Crippen LogP contribution in [0.2, 0.25) is 0 Å². The van der Waals surface area contributed by atoms with Crippen LogP contribution in [0, 0.1) is 5.92 Å². The molecule has 2 N–H and O–H groups in total. The van der Waals surface area contributed by atoms with E-state index in [0.717, 1.165) is 36.9 Å². The molecule has 0 aliphatic carbocycles. The molecule has 0 radical (unpaired) electrons. The molecular weight excluding hydrogens is 182 g/mol. The largest absolute Gasteiger partial charge is 0.396 e. The highest BCUT2D eigenvalue weighted by Crippen LogP contribution is 2.00. The van der Waals surface area contributed by atoms with E-state index in [1.807, 2.05) is 11.8 Å². The molecule has 2 nitrogen and oxygen atoms in total. The van der Waals surface area contributed by atoms with Crippen molar-refractivity contribution < 1.29 is 5.11 Å². The van der Waals surface area contributed by atoms with Crippen LogP contribution >= 0.6 is 11.8 Å². The fourth-order valence-corrected chi connectivity index (χ4v) is 1.75. The molecule has 0 unspecified atom stereocenters. The van der Waals surface area contributed by atoms with Crippen molar-refractivity contribution in [3.05, 3.63) is 0 Å². The molecule has 0 heterocycles. The van der Waals surface area contributed by atoms with Gasteiger partial charge in [0.1, 0.15) is 0 Å². The summed E-state index contributed by atoms with van der Waals surface area (Å²) in [6.07, 6.45) is 2.19. The van der Waals surface area contributed by atoms with Crippen LogP contribution in [0.3, 0.4) is 0 Å². The minimum absolute atomic E-state index is 0.327. The molecule has 0 aromatic rings. The molecule has 0 bridgehead atoms. The lowest BCUT2D eigenvalue weighted by Crippen LogP contribution is -2.19. The summed E-state index contributed by atoms with van der Waals surface area (Å²) < 4.78 is 0. The molecule has 0 saturated carbocycles. The van der Waals surface area contributed by atoms with Crippen LogP contribution in [-0.4, -0.2) is 36.3 Å². The molecule has 0 rings (SSSR count). The molecule has 0 aliphatic heterocycles. The minimum atomic E-state index is 0.327. The lowest BCUT2D eigenvalue weighted by Gasteiger charge is -2.06. The van der Waals surface area contributed by atoms with Gasteiger partial charge in [-0.25, -0.2) is 0 Å². The number of nitrogens with one attached hydrogen (secondary N) is 1. The zero-order valence-corrected chi connectivity index (χ0v) is 9.70. The van der Waals surface area contributed by atoms with Crippen molar-refractivity contribution in [2.45, 2.75) is 26.7 Å². The van der Waals surface area contributed by atoms with Gasteiger partial charge in [-0.2, -0.15) is 11.8 Å². The first-order valence-corrected chi connectivity index (χ1v) is 6.32. The Bertz CT molecular complexity index is 98.9. The van der Waals surface area contributed by atoms with Gasteiger partial charge in [-0.3, -0.25) is 0 Å². The van der Waals surface area contributed by atoms with Crippen molar-refractivity contribution in [1.29, 1.82) is 0 Å². The quantitative estimate of drug-likeness (QED) is 0.562. The molecule has 0 amide bonds. The SMILES string of the molecule is CC(C)CCNCCSCCCO. The predicted molar refractivity (Wildman–Crippen MR) is 61.4 cm³/mol. The first-order valence-electron chi connectivity index (χ1n) is 5.16. The Morgan fingerprint density at radius 3 is 2.62 bits per heavy atom. The lowest BCUT2D eigenvalue weighted by molar-refractivity contribution is 0.296. The highest BCUT2D eigenvalue weighted by molar-refractivity contribution is 7.99. The summed E-state index contributed by atoms with van der Waals surface area (Å²) in [4.78, 5) is 0. The third-order valence-electron chi connectivity index (χ3n) is 1.77. The van der Waals surface area contributed by atoms with Gasteiger partial charge >= 0.3 is 0 Å². The van der Waals surface area contributed by atoms with E-state index >= 15 is 0 Å². The lowest BCUT2D eigenvalue weighted by atomic mass is 10.1. The van der Waals surface area contributed by atoms with E-state index < -0.39 is 0 Å². The molecule has 0 saturated heterocycles. The van der Waals surface area contributed by atoms with Crippen LogP contribution in [0.15, 0.2) is 0 Å². The molecule has 0 aromatic heterocycles. The Balaban J connectivity index is 2.84. The van der Waals surface area contributed by atoms with Crippen molar-refractivity contribution in [3.8, 4) is 0 Å². The van der Waals surface area contributed by atoms with Crippen LogP contribution in [0.4, 0.5) is 0 Å². The molecule has 0 fully saturated rings. The van der Waals surface area contributed by atoms with Crippen LogP contribution in [0.1, 0.15) is 26.7 Å². The Labute approximate surface area is 86.5 Å². The Morgan fingerprint density at radius 2 is 2.00 bits per heavy atom. The molecule has 3 heteroatoms. The van der Waals surface area contributed by atoms with Crippen molar-refractivity contribution >= 4 is 11.8 Å². The summed E-state index contributed by atoms with van der Waals surface area (Å²) in [5, 5.41) is 11.9. The number of thioether (sulfide) groups is 1. The van der Waals surface area contributed by atoms with Gasteiger partial charge in [0.2, 0.25) is 0 Å². The summed E-state index contributed by atoms with van der Waals surface area (Å²) in [6.45, 7) is 7.06.